The second-order valence-corrected chi connectivity index (χ2v) is 7.01. The lowest BCUT2D eigenvalue weighted by Gasteiger charge is -2.10. The maximum absolute atomic E-state index is 12.4. The lowest BCUT2D eigenvalue weighted by Crippen LogP contribution is -2.13. The maximum atomic E-state index is 12.4. The molecular weight excluding hydrogens is 318 g/mol. The van der Waals surface area contributed by atoms with Crippen molar-refractivity contribution in [1.82, 2.24) is 0 Å². The molecule has 0 unspecified atom stereocenters. The van der Waals surface area contributed by atoms with Gasteiger partial charge < -0.3 is 5.32 Å². The molecule has 0 atom stereocenters. The van der Waals surface area contributed by atoms with Crippen LogP contribution < -0.4 is 10.0 Å². The monoisotopic (exact) mass is 333 g/mol. The van der Waals surface area contributed by atoms with Crippen molar-refractivity contribution in [3.63, 3.8) is 0 Å². The van der Waals surface area contributed by atoms with E-state index in [2.05, 4.69) is 10.0 Å². The van der Waals surface area contributed by atoms with Crippen molar-refractivity contribution in [3.8, 4) is 0 Å². The molecule has 23 heavy (non-hydrogen) atoms. The van der Waals surface area contributed by atoms with Crippen molar-refractivity contribution < 1.29 is 13.3 Å². The van der Waals surface area contributed by atoms with Gasteiger partial charge in [0.15, 0.2) is 0 Å². The zero-order valence-corrected chi connectivity index (χ0v) is 12.9. The van der Waals surface area contributed by atoms with Gasteiger partial charge in [-0.05, 0) is 37.1 Å². The fourth-order valence-corrected chi connectivity index (χ4v) is 3.20. The number of hydrogen-bond donors (Lipinski definition) is 2. The largest absolute Gasteiger partial charge is 0.377 e. The van der Waals surface area contributed by atoms with E-state index in [4.69, 9.17) is 0 Å². The van der Waals surface area contributed by atoms with Crippen LogP contribution in [-0.4, -0.2) is 19.4 Å². The van der Waals surface area contributed by atoms with Gasteiger partial charge in [-0.3, -0.25) is 14.8 Å². The average Bonchev–Trinajstić information content (AvgIpc) is 3.32. The van der Waals surface area contributed by atoms with E-state index in [-0.39, 0.29) is 16.6 Å². The molecule has 0 saturated heterocycles. The number of para-hydroxylation sites is 1. The second-order valence-electron chi connectivity index (χ2n) is 5.33. The first-order valence-electron chi connectivity index (χ1n) is 7.08. The molecule has 2 N–H and O–H groups in total. The highest BCUT2D eigenvalue weighted by atomic mass is 32.2. The Morgan fingerprint density at radius 2 is 1.78 bits per heavy atom. The summed E-state index contributed by atoms with van der Waals surface area (Å²) in [6.07, 6.45) is 1.93. The number of nitrogens with zero attached hydrogens (tertiary/aromatic N) is 1. The van der Waals surface area contributed by atoms with Crippen molar-refractivity contribution in [1.29, 1.82) is 0 Å². The standard InChI is InChI=1S/C15H15N3O4S/c19-18(20)15-10-13(8-9-14(15)16-11-6-7-11)23(21,22)17-12-4-2-1-3-5-12/h1-5,8-11,16-17H,6-7H2. The van der Waals surface area contributed by atoms with Crippen LogP contribution in [0.3, 0.4) is 0 Å². The van der Waals surface area contributed by atoms with Gasteiger partial charge in [0.2, 0.25) is 0 Å². The van der Waals surface area contributed by atoms with Crippen molar-refractivity contribution >= 4 is 27.1 Å². The normalized spacial score (nSPS) is 14.3. The number of rotatable bonds is 6. The predicted octanol–water partition coefficient (Wildman–Crippen LogP) is 2.97. The van der Waals surface area contributed by atoms with Crippen LogP contribution in [0.4, 0.5) is 17.1 Å². The third-order valence-electron chi connectivity index (χ3n) is 3.44. The highest BCUT2D eigenvalue weighted by Crippen LogP contribution is 2.32. The summed E-state index contributed by atoms with van der Waals surface area (Å²) < 4.78 is 27.1. The third kappa shape index (κ3) is 3.59. The number of nitro groups is 1. The number of hydrogen-bond acceptors (Lipinski definition) is 5. The molecule has 0 amide bonds. The summed E-state index contributed by atoms with van der Waals surface area (Å²) in [7, 11) is -3.88. The first kappa shape index (κ1) is 15.3. The molecule has 1 aliphatic rings. The molecule has 1 saturated carbocycles. The Bertz CT molecular complexity index is 833. The van der Waals surface area contributed by atoms with Crippen LogP contribution in [0, 0.1) is 10.1 Å². The highest BCUT2D eigenvalue weighted by molar-refractivity contribution is 7.92. The van der Waals surface area contributed by atoms with E-state index in [1.54, 1.807) is 30.3 Å². The summed E-state index contributed by atoms with van der Waals surface area (Å²) in [6.45, 7) is 0. The maximum Gasteiger partial charge on any atom is 0.293 e. The molecule has 7 nitrogen and oxygen atoms in total. The zero-order chi connectivity index (χ0) is 16.4. The molecule has 1 fully saturated rings. The lowest BCUT2D eigenvalue weighted by atomic mass is 10.2. The second kappa shape index (κ2) is 5.88. The van der Waals surface area contributed by atoms with E-state index in [0.717, 1.165) is 18.9 Å². The molecule has 3 rings (SSSR count). The minimum atomic E-state index is -3.88. The van der Waals surface area contributed by atoms with E-state index in [1.165, 1.54) is 12.1 Å². The average molecular weight is 333 g/mol. The van der Waals surface area contributed by atoms with E-state index in [0.29, 0.717) is 11.4 Å². The van der Waals surface area contributed by atoms with Crippen LogP contribution in [0.2, 0.25) is 0 Å². The summed E-state index contributed by atoms with van der Waals surface area (Å²) in [5.41, 5.74) is 0.499. The molecule has 2 aromatic rings. The number of sulfonamides is 1. The number of nitro benzene ring substituents is 1. The van der Waals surface area contributed by atoms with Crippen LogP contribution in [-0.2, 0) is 10.0 Å². The van der Waals surface area contributed by atoms with E-state index < -0.39 is 14.9 Å². The summed E-state index contributed by atoms with van der Waals surface area (Å²) in [4.78, 5) is 10.5. The SMILES string of the molecule is O=[N+]([O-])c1cc(S(=O)(=O)Nc2ccccc2)ccc1NC1CC1. The van der Waals surface area contributed by atoms with Gasteiger partial charge in [0.05, 0.1) is 9.82 Å². The minimum absolute atomic E-state index is 0.144. The molecule has 0 aromatic heterocycles. The van der Waals surface area contributed by atoms with Crippen LogP contribution in [0.1, 0.15) is 12.8 Å². The number of nitrogens with one attached hydrogen (secondary N) is 2. The quantitative estimate of drug-likeness (QED) is 0.625. The minimum Gasteiger partial charge on any atom is -0.377 e. The van der Waals surface area contributed by atoms with Crippen molar-refractivity contribution in [2.75, 3.05) is 10.0 Å². The van der Waals surface area contributed by atoms with Gasteiger partial charge in [0.25, 0.3) is 15.7 Å². The van der Waals surface area contributed by atoms with E-state index in [1.807, 2.05) is 0 Å². The van der Waals surface area contributed by atoms with E-state index in [9.17, 15) is 18.5 Å². The van der Waals surface area contributed by atoms with Gasteiger partial charge in [-0.1, -0.05) is 18.2 Å². The van der Waals surface area contributed by atoms with Crippen LogP contribution in [0.15, 0.2) is 53.4 Å². The lowest BCUT2D eigenvalue weighted by molar-refractivity contribution is -0.384. The Morgan fingerprint density at radius 3 is 2.39 bits per heavy atom. The smallest absolute Gasteiger partial charge is 0.293 e. The summed E-state index contributed by atoms with van der Waals surface area (Å²) in [6, 6.07) is 12.5. The molecule has 0 bridgehead atoms. The van der Waals surface area contributed by atoms with Gasteiger partial charge in [-0.2, -0.15) is 0 Å². The fraction of sp³-hybridized carbons (Fsp3) is 0.200. The molecule has 2 aromatic carbocycles. The fourth-order valence-electron chi connectivity index (χ4n) is 2.12. The molecule has 0 radical (unpaired) electrons. The van der Waals surface area contributed by atoms with Crippen LogP contribution >= 0.6 is 0 Å². The highest BCUT2D eigenvalue weighted by Gasteiger charge is 2.26. The zero-order valence-electron chi connectivity index (χ0n) is 12.1. The first-order valence-corrected chi connectivity index (χ1v) is 8.57. The van der Waals surface area contributed by atoms with Crippen LogP contribution in [0.25, 0.3) is 0 Å². The van der Waals surface area contributed by atoms with Crippen molar-refractivity contribution in [3.05, 3.63) is 58.6 Å². The first-order chi connectivity index (χ1) is 11.0. The Labute approximate surface area is 133 Å². The molecule has 0 aliphatic heterocycles. The Hall–Kier alpha value is -2.61. The molecule has 120 valence electrons. The summed E-state index contributed by atoms with van der Waals surface area (Å²) in [5.74, 6) is 0. The number of anilines is 2. The van der Waals surface area contributed by atoms with Crippen LogP contribution in [0.5, 0.6) is 0 Å². The van der Waals surface area contributed by atoms with Gasteiger partial charge in [-0.25, -0.2) is 8.42 Å². The third-order valence-corrected chi connectivity index (χ3v) is 4.82. The van der Waals surface area contributed by atoms with Gasteiger partial charge in [0.1, 0.15) is 5.69 Å². The molecule has 0 heterocycles. The van der Waals surface area contributed by atoms with Gasteiger partial charge >= 0.3 is 0 Å². The Morgan fingerprint density at radius 1 is 1.09 bits per heavy atom. The predicted molar refractivity (Wildman–Crippen MR) is 87.0 cm³/mol. The van der Waals surface area contributed by atoms with Gasteiger partial charge in [0, 0.05) is 17.8 Å². The summed E-state index contributed by atoms with van der Waals surface area (Å²) in [5, 5.41) is 14.2. The molecule has 0 spiro atoms. The number of benzene rings is 2. The van der Waals surface area contributed by atoms with Gasteiger partial charge in [-0.15, -0.1) is 0 Å². The molecule has 8 heteroatoms. The molecular formula is C15H15N3O4S. The van der Waals surface area contributed by atoms with E-state index >= 15 is 0 Å². The Balaban J connectivity index is 1.92. The molecule has 1 aliphatic carbocycles. The summed E-state index contributed by atoms with van der Waals surface area (Å²) >= 11 is 0. The Kier molecular flexibility index (Phi) is 3.91. The topological polar surface area (TPSA) is 101 Å². The van der Waals surface area contributed by atoms with Crippen molar-refractivity contribution in [2.45, 2.75) is 23.8 Å². The van der Waals surface area contributed by atoms with Crippen molar-refractivity contribution in [2.24, 2.45) is 0 Å².